The molecule has 12 unspecified atom stereocenters. The van der Waals surface area contributed by atoms with Crippen molar-refractivity contribution in [1.82, 2.24) is 0 Å². The molecule has 16 aromatic carbocycles. The van der Waals surface area contributed by atoms with Gasteiger partial charge in [-0.05, 0) is 286 Å². The van der Waals surface area contributed by atoms with Crippen molar-refractivity contribution < 1.29 is 56.9 Å². The van der Waals surface area contributed by atoms with Crippen LogP contribution >= 0.6 is 0 Å². The maximum Gasteiger partial charge on any atom is 0.100 e. The second-order valence-corrected chi connectivity index (χ2v) is 36.3. The fourth-order valence-electron chi connectivity index (χ4n) is 34.6. The summed E-state index contributed by atoms with van der Waals surface area (Å²) in [6.07, 6.45) is 22.4. The predicted octanol–water partition coefficient (Wildman–Crippen LogP) is 14.5. The molecule has 90 heavy (non-hydrogen) atoms. The van der Waals surface area contributed by atoms with E-state index < -0.39 is 0 Å². The number of halogens is 2. The zero-order valence-electron chi connectivity index (χ0n) is 52.0. The quantitative estimate of drug-likeness (QED) is 0.0391. The second-order valence-electron chi connectivity index (χ2n) is 36.3. The fourth-order valence-corrected chi connectivity index (χ4v) is 34.6. The second kappa shape index (κ2) is 11.6. The number of likely N-dealkylation sites (N-methyl/N-ethyl adjacent to an activating group) is 2. The highest BCUT2D eigenvalue weighted by Crippen LogP contribution is 2.98. The summed E-state index contributed by atoms with van der Waals surface area (Å²) in [5.74, 6) is 2.77. The Morgan fingerprint density at radius 3 is 1.16 bits per heavy atom. The zero-order chi connectivity index (χ0) is 55.2. The Bertz CT molecular complexity index is 6770. The van der Waals surface area contributed by atoms with Crippen LogP contribution in [0.1, 0.15) is 241 Å². The summed E-state index contributed by atoms with van der Waals surface area (Å²) in [7, 11) is 11.4. The van der Waals surface area contributed by atoms with Crippen LogP contribution in [0.15, 0.2) is 0 Å². The molecule has 430 valence electrons. The molecule has 2 heterocycles. The van der Waals surface area contributed by atoms with Gasteiger partial charge in [-0.25, -0.2) is 0 Å². The summed E-state index contributed by atoms with van der Waals surface area (Å²) in [6, 6.07) is 1.15. The van der Waals surface area contributed by atoms with E-state index in [1.165, 1.54) is 125 Å². The minimum Gasteiger partial charge on any atom is -1.00 e. The first kappa shape index (κ1) is 45.3. The van der Waals surface area contributed by atoms with Crippen molar-refractivity contribution in [3.05, 3.63) is 89.0 Å². The van der Waals surface area contributed by atoms with Crippen LogP contribution in [0, 0.1) is 10.8 Å². The van der Waals surface area contributed by atoms with E-state index in [1.54, 1.807) is 86.2 Å². The summed E-state index contributed by atoms with van der Waals surface area (Å²) in [5, 5.41) is 50.5. The van der Waals surface area contributed by atoms with E-state index in [9.17, 15) is 0 Å². The summed E-state index contributed by atoms with van der Waals surface area (Å²) in [4.78, 5) is 0. The van der Waals surface area contributed by atoms with Crippen molar-refractivity contribution in [1.29, 1.82) is 0 Å². The van der Waals surface area contributed by atoms with Gasteiger partial charge < -0.3 is 56.9 Å². The average Bonchev–Trinajstić information content (AvgIpc) is 1.37. The molecule has 0 bridgehead atoms. The first-order valence-corrected chi connectivity index (χ1v) is 36.7. The lowest BCUT2D eigenvalue weighted by Gasteiger charge is -2.60. The first-order chi connectivity index (χ1) is 43.3. The maximum atomic E-state index is 2.86. The number of benzene rings is 12. The first-order valence-electron chi connectivity index (χ1n) is 36.7. The molecule has 0 aromatic heterocycles. The van der Waals surface area contributed by atoms with Crippen LogP contribution in [-0.4, -0.2) is 62.3 Å². The number of rotatable bonds is 16. The Morgan fingerprint density at radius 1 is 0.289 bits per heavy atom. The third-order valence-electron chi connectivity index (χ3n) is 34.4. The molecule has 2 fully saturated rings. The van der Waals surface area contributed by atoms with Gasteiger partial charge in [0.25, 0.3) is 0 Å². The number of quaternary nitrogens is 2. The molecule has 4 heteroatoms. The maximum absolute atomic E-state index is 2.86. The van der Waals surface area contributed by atoms with Gasteiger partial charge in [0, 0.05) is 48.3 Å². The number of allylic oxidation sites excluding steroid dienone is 2. The van der Waals surface area contributed by atoms with Gasteiger partial charge in [-0.3, -0.25) is 0 Å². The highest BCUT2D eigenvalue weighted by Gasteiger charge is 2.91. The van der Waals surface area contributed by atoms with Gasteiger partial charge in [0.2, 0.25) is 0 Å². The van der Waals surface area contributed by atoms with Crippen molar-refractivity contribution in [3.8, 4) is 11.1 Å². The van der Waals surface area contributed by atoms with Crippen LogP contribution in [0.3, 0.4) is 0 Å². The van der Waals surface area contributed by atoms with Crippen molar-refractivity contribution in [3.63, 3.8) is 0 Å². The smallest absolute Gasteiger partial charge is 0.100 e. The van der Waals surface area contributed by atoms with Crippen LogP contribution in [0.4, 0.5) is 0 Å². The fraction of sp³-hybridized carbons (Fsp3) is 0.419. The van der Waals surface area contributed by atoms with Gasteiger partial charge >= 0.3 is 0 Å². The van der Waals surface area contributed by atoms with E-state index in [1.807, 2.05) is 181 Å². The van der Waals surface area contributed by atoms with Crippen LogP contribution in [0.25, 0.3) is 184 Å². The molecule has 2 nitrogen and oxygen atoms in total. The molecular formula is C86H62I2N2. The van der Waals surface area contributed by atoms with Crippen LogP contribution < -0.4 is 48.0 Å². The molecule has 0 saturated carbocycles. The van der Waals surface area contributed by atoms with E-state index in [0.717, 1.165) is 0 Å². The molecule has 34 rings (SSSR count). The molecular weight excluding hydrogens is 1310 g/mol. The molecule has 16 aromatic rings. The molecule has 0 amide bonds. The number of hydrogen-bond acceptors (Lipinski definition) is 0. The lowest BCUT2D eigenvalue weighted by Crippen LogP contribution is -3.00. The SMILES string of the molecule is CCCCCCCCCC1C23C4=C5c6c7c8c9c(c%10c%11c%12c%13c%14c%15c%16c%17c%18c%19c%20c%21c%22c%23c%24c(c6c6c8c8c%25c9c%11c%14c%25c9c%15c%18c%11c(c%23%19)c%24c6c8c%119)C5C%22c5c4c4c6c(c5-%21)C(C%20%17)C5(C6=C%12C%10C42)C(CCCCCCCCC)[N+](C)(C)CC%13%165)C73C[N+]1(C)C.[I-].[I-]. The third-order valence-corrected chi connectivity index (χ3v) is 34.4. The molecule has 12 atom stereocenters. The number of likely N-dealkylation sites (tertiary alicyclic amines) is 2. The minimum absolute atomic E-state index is 0. The molecule has 0 radical (unpaired) electrons. The van der Waals surface area contributed by atoms with Gasteiger partial charge in [-0.2, -0.15) is 0 Å². The van der Waals surface area contributed by atoms with Gasteiger partial charge in [0.1, 0.15) is 12.1 Å². The largest absolute Gasteiger partial charge is 1.00 e. The standard InChI is InChI=1S/C86H62N2.2HI/c1-7-9-11-13-15-17-19-21-25-85-79-67-54-43-32-27-28-33-29(32)36-45(54)56-57-46(36)55-44(33)53-42-35(28)31-30-34(27)41-48-37(30)39-40-38(31)49(42)60-62-51(40)47-50(39)61-59(48)75(63(67)52(41)43)83(85,23-87(25,3)4)77(61)65-58(47)66-72-71(65)81(85)73(69(56)79)74-70(57)80-68(55)64(53)76(60)84(78(62)66)24-88(5,6)26(86(80,84)82(72)74)22-20-18-16-14-12-10-8-2;;/h25-26,45,54,68,71,80-81H,7-24H2,1-6H3;2*1H/q+2;;/p-2. The number of hydrogen-bond donors (Lipinski definition) is 0. The topological polar surface area (TPSA) is 0 Å². The van der Waals surface area contributed by atoms with E-state index in [4.69, 9.17) is 0 Å². The Morgan fingerprint density at radius 2 is 0.633 bits per heavy atom. The number of unbranched alkanes of at least 4 members (excludes halogenated alkanes) is 12. The third kappa shape index (κ3) is 2.94. The van der Waals surface area contributed by atoms with Gasteiger partial charge in [0.15, 0.2) is 0 Å². The van der Waals surface area contributed by atoms with Crippen LogP contribution in [-0.2, 0) is 10.8 Å². The summed E-state index contributed by atoms with van der Waals surface area (Å²) in [6.45, 7) is 7.36. The van der Waals surface area contributed by atoms with E-state index in [0.29, 0.717) is 47.6 Å². The van der Waals surface area contributed by atoms with Crippen LogP contribution in [0.5, 0.6) is 0 Å². The lowest BCUT2D eigenvalue weighted by molar-refractivity contribution is -0.906. The molecule has 4 spiro atoms. The van der Waals surface area contributed by atoms with Gasteiger partial charge in [-0.1, -0.05) is 90.9 Å². The molecule has 16 aliphatic carbocycles. The highest BCUT2D eigenvalue weighted by atomic mass is 127. The van der Waals surface area contributed by atoms with E-state index in [2.05, 4.69) is 47.6 Å². The Labute approximate surface area is 552 Å². The van der Waals surface area contributed by atoms with Crippen molar-refractivity contribution in [2.45, 2.75) is 175 Å². The average molecular weight is 1380 g/mol. The van der Waals surface area contributed by atoms with Crippen molar-refractivity contribution >= 4 is 173 Å². The van der Waals surface area contributed by atoms with Crippen molar-refractivity contribution in [2.75, 3.05) is 41.3 Å². The monoisotopic (exact) mass is 1380 g/mol. The molecule has 2 saturated heterocycles. The Kier molecular flexibility index (Phi) is 5.83. The van der Waals surface area contributed by atoms with E-state index in [-0.39, 0.29) is 69.6 Å². The predicted molar refractivity (Wildman–Crippen MR) is 361 cm³/mol. The summed E-state index contributed by atoms with van der Waals surface area (Å²) >= 11 is 0. The zero-order valence-corrected chi connectivity index (χ0v) is 56.3. The van der Waals surface area contributed by atoms with Crippen LogP contribution in [0.2, 0.25) is 0 Å². The molecule has 0 N–H and O–H groups in total. The number of nitrogens with zero attached hydrogens (tertiary/aromatic N) is 2. The minimum atomic E-state index is -0.0619. The Balaban J connectivity index is 0.00000225. The molecule has 18 aliphatic rings. The Hall–Kier alpha value is -5.12. The normalized spacial score (nSPS) is 33.9. The lowest BCUT2D eigenvalue weighted by atomic mass is 9.39. The van der Waals surface area contributed by atoms with Gasteiger partial charge in [-0.15, -0.1) is 0 Å². The summed E-state index contributed by atoms with van der Waals surface area (Å²) < 4.78 is 2.36. The molecule has 2 aliphatic heterocycles. The summed E-state index contributed by atoms with van der Waals surface area (Å²) in [5.41, 5.74) is 43.0. The highest BCUT2D eigenvalue weighted by molar-refractivity contribution is 6.71. The van der Waals surface area contributed by atoms with Gasteiger partial charge in [0.05, 0.1) is 62.9 Å². The van der Waals surface area contributed by atoms with Crippen molar-refractivity contribution in [2.24, 2.45) is 10.8 Å². The van der Waals surface area contributed by atoms with E-state index >= 15 is 0 Å².